The lowest BCUT2D eigenvalue weighted by Crippen LogP contribution is -2.33. The third-order valence-corrected chi connectivity index (χ3v) is 4.87. The highest BCUT2D eigenvalue weighted by molar-refractivity contribution is 6.55. The van der Waals surface area contributed by atoms with E-state index in [1.54, 1.807) is 13.2 Å². The van der Waals surface area contributed by atoms with E-state index in [0.29, 0.717) is 5.75 Å². The summed E-state index contributed by atoms with van der Waals surface area (Å²) in [5, 5.41) is 10.7. The van der Waals surface area contributed by atoms with E-state index in [0.717, 1.165) is 11.6 Å². The van der Waals surface area contributed by atoms with Gasteiger partial charge in [0.2, 0.25) is 0 Å². The van der Waals surface area contributed by atoms with Crippen molar-refractivity contribution >= 4 is 14.7 Å². The first-order valence-corrected chi connectivity index (χ1v) is 7.14. The van der Waals surface area contributed by atoms with E-state index in [1.165, 1.54) is 0 Å². The molecule has 0 aliphatic carbocycles. The smallest absolute Gasteiger partial charge is 0.154 e. The minimum Gasteiger partial charge on any atom is -0.508 e. The maximum atomic E-state index is 9.69. The maximum Gasteiger partial charge on any atom is 0.154 e. The van der Waals surface area contributed by atoms with E-state index in [4.69, 9.17) is 9.47 Å². The summed E-state index contributed by atoms with van der Waals surface area (Å²) in [6.07, 6.45) is 0.775. The Balaban J connectivity index is 2.60. The van der Waals surface area contributed by atoms with Crippen LogP contribution < -0.4 is 5.19 Å². The molecule has 16 heavy (non-hydrogen) atoms. The Kier molecular flexibility index (Phi) is 5.52. The normalized spacial score (nSPS) is 15.4. The van der Waals surface area contributed by atoms with E-state index >= 15 is 0 Å². The molecule has 1 aromatic rings. The van der Waals surface area contributed by atoms with Crippen LogP contribution in [0.5, 0.6) is 5.75 Å². The standard InChI is InChI=1S/C12H20O3Si/c1-4-12(15-9(2)14-3)16-11-8-6-5-7-10(11)13/h5-9,12-13H,4,16H2,1-3H3. The van der Waals surface area contributed by atoms with Gasteiger partial charge in [-0.3, -0.25) is 0 Å². The lowest BCUT2D eigenvalue weighted by Gasteiger charge is -2.20. The fourth-order valence-electron chi connectivity index (χ4n) is 1.54. The largest absolute Gasteiger partial charge is 0.508 e. The van der Waals surface area contributed by atoms with Crippen molar-refractivity contribution in [3.8, 4) is 5.75 Å². The number of hydrogen-bond acceptors (Lipinski definition) is 3. The first-order chi connectivity index (χ1) is 7.67. The molecule has 0 radical (unpaired) electrons. The topological polar surface area (TPSA) is 38.7 Å². The molecule has 0 amide bonds. The average Bonchev–Trinajstić information content (AvgIpc) is 2.30. The van der Waals surface area contributed by atoms with Gasteiger partial charge in [0.1, 0.15) is 5.75 Å². The Labute approximate surface area is 99.2 Å². The van der Waals surface area contributed by atoms with Crippen molar-refractivity contribution in [3.63, 3.8) is 0 Å². The summed E-state index contributed by atoms with van der Waals surface area (Å²) in [4.78, 5) is 0. The van der Waals surface area contributed by atoms with Gasteiger partial charge < -0.3 is 14.6 Å². The molecule has 4 heteroatoms. The SMILES string of the molecule is CCC(OC(C)OC)[SiH2]c1ccccc1O. The van der Waals surface area contributed by atoms with E-state index in [9.17, 15) is 5.11 Å². The van der Waals surface area contributed by atoms with Gasteiger partial charge in [-0.1, -0.05) is 25.1 Å². The van der Waals surface area contributed by atoms with Crippen LogP contribution in [0, 0.1) is 0 Å². The van der Waals surface area contributed by atoms with Crippen LogP contribution in [-0.4, -0.2) is 33.8 Å². The van der Waals surface area contributed by atoms with Crippen LogP contribution in [0.15, 0.2) is 24.3 Å². The zero-order valence-electron chi connectivity index (χ0n) is 10.1. The molecule has 90 valence electrons. The van der Waals surface area contributed by atoms with Crippen molar-refractivity contribution in [3.05, 3.63) is 24.3 Å². The van der Waals surface area contributed by atoms with Crippen LogP contribution in [0.4, 0.5) is 0 Å². The van der Waals surface area contributed by atoms with E-state index in [2.05, 4.69) is 6.92 Å². The van der Waals surface area contributed by atoms with E-state index in [-0.39, 0.29) is 12.0 Å². The first kappa shape index (κ1) is 13.2. The molecule has 0 aliphatic rings. The van der Waals surface area contributed by atoms with Gasteiger partial charge in [0.25, 0.3) is 0 Å². The lowest BCUT2D eigenvalue weighted by molar-refractivity contribution is -0.123. The van der Waals surface area contributed by atoms with Crippen LogP contribution in [-0.2, 0) is 9.47 Å². The highest BCUT2D eigenvalue weighted by Gasteiger charge is 2.14. The molecule has 1 rings (SSSR count). The summed E-state index contributed by atoms with van der Waals surface area (Å²) in [7, 11) is 1.01. The molecule has 1 N–H and O–H groups in total. The molecule has 0 saturated carbocycles. The van der Waals surface area contributed by atoms with E-state index < -0.39 is 9.52 Å². The number of benzene rings is 1. The van der Waals surface area contributed by atoms with Crippen LogP contribution >= 0.6 is 0 Å². The zero-order chi connectivity index (χ0) is 12.0. The molecule has 1 aromatic carbocycles. The fourth-order valence-corrected chi connectivity index (χ4v) is 3.29. The monoisotopic (exact) mass is 240 g/mol. The summed E-state index contributed by atoms with van der Waals surface area (Å²) >= 11 is 0. The van der Waals surface area contributed by atoms with Gasteiger partial charge in [-0.15, -0.1) is 0 Å². The van der Waals surface area contributed by atoms with Crippen LogP contribution in [0.1, 0.15) is 20.3 Å². The van der Waals surface area contributed by atoms with Gasteiger partial charge in [-0.25, -0.2) is 0 Å². The number of para-hydroxylation sites is 1. The molecular formula is C12H20O3Si. The molecule has 0 aromatic heterocycles. The van der Waals surface area contributed by atoms with Crippen LogP contribution in [0.2, 0.25) is 0 Å². The van der Waals surface area contributed by atoms with Crippen LogP contribution in [0.25, 0.3) is 0 Å². The van der Waals surface area contributed by atoms with Crippen molar-refractivity contribution in [1.82, 2.24) is 0 Å². The second kappa shape index (κ2) is 6.68. The number of rotatable bonds is 6. The number of methoxy groups -OCH3 is 1. The predicted octanol–water partition coefficient (Wildman–Crippen LogP) is 0.931. The quantitative estimate of drug-likeness (QED) is 0.594. The van der Waals surface area contributed by atoms with Crippen molar-refractivity contribution in [2.75, 3.05) is 7.11 Å². The highest BCUT2D eigenvalue weighted by Crippen LogP contribution is 2.07. The third-order valence-electron chi connectivity index (χ3n) is 2.61. The molecule has 0 fully saturated rings. The summed E-state index contributed by atoms with van der Waals surface area (Å²) in [5.41, 5.74) is 0.211. The predicted molar refractivity (Wildman–Crippen MR) is 67.9 cm³/mol. The van der Waals surface area contributed by atoms with E-state index in [1.807, 2.05) is 25.1 Å². The van der Waals surface area contributed by atoms with Gasteiger partial charge in [0.15, 0.2) is 6.29 Å². The van der Waals surface area contributed by atoms with Crippen molar-refractivity contribution in [1.29, 1.82) is 0 Å². The number of aromatic hydroxyl groups is 1. The maximum absolute atomic E-state index is 9.69. The van der Waals surface area contributed by atoms with Gasteiger partial charge >= 0.3 is 0 Å². The first-order valence-electron chi connectivity index (χ1n) is 5.62. The number of ether oxygens (including phenoxy) is 2. The van der Waals surface area contributed by atoms with Gasteiger partial charge in [-0.05, 0) is 24.6 Å². The molecule has 2 unspecified atom stereocenters. The third kappa shape index (κ3) is 3.96. The number of hydrogen-bond donors (Lipinski definition) is 1. The van der Waals surface area contributed by atoms with Gasteiger partial charge in [0.05, 0.1) is 9.52 Å². The molecule has 0 bridgehead atoms. The summed E-state index contributed by atoms with van der Waals surface area (Å²) < 4.78 is 10.8. The fraction of sp³-hybridized carbons (Fsp3) is 0.500. The number of phenolic OH excluding ortho intramolecular Hbond substituents is 1. The van der Waals surface area contributed by atoms with Crippen molar-refractivity contribution < 1.29 is 14.6 Å². The van der Waals surface area contributed by atoms with Crippen molar-refractivity contribution in [2.24, 2.45) is 0 Å². The second-order valence-corrected chi connectivity index (χ2v) is 5.88. The minimum atomic E-state index is -0.631. The molecule has 2 atom stereocenters. The second-order valence-electron chi connectivity index (χ2n) is 3.80. The molecule has 0 heterocycles. The highest BCUT2D eigenvalue weighted by atomic mass is 28.2. The summed E-state index contributed by atoms with van der Waals surface area (Å²) in [6, 6.07) is 7.50. The molecule has 3 nitrogen and oxygen atoms in total. The molecule has 0 aliphatic heterocycles. The van der Waals surface area contributed by atoms with Gasteiger partial charge in [-0.2, -0.15) is 0 Å². The Hall–Kier alpha value is -0.843. The summed E-state index contributed by atoms with van der Waals surface area (Å²) in [6.45, 7) is 3.99. The molecular weight excluding hydrogens is 220 g/mol. The minimum absolute atomic E-state index is 0.177. The Bertz CT molecular complexity index is 317. The lowest BCUT2D eigenvalue weighted by atomic mass is 10.3. The molecule has 0 spiro atoms. The Morgan fingerprint density at radius 3 is 2.62 bits per heavy atom. The Morgan fingerprint density at radius 2 is 2.06 bits per heavy atom. The Morgan fingerprint density at radius 1 is 1.38 bits per heavy atom. The average molecular weight is 240 g/mol. The van der Waals surface area contributed by atoms with Gasteiger partial charge in [0, 0.05) is 12.8 Å². The van der Waals surface area contributed by atoms with Crippen molar-refractivity contribution in [2.45, 2.75) is 32.3 Å². The molecule has 0 saturated heterocycles. The van der Waals surface area contributed by atoms with Crippen LogP contribution in [0.3, 0.4) is 0 Å². The number of phenols is 1. The summed E-state index contributed by atoms with van der Waals surface area (Å²) in [5.74, 6) is 0.390. The zero-order valence-corrected chi connectivity index (χ0v) is 11.6.